The lowest BCUT2D eigenvalue weighted by atomic mass is 9.89. The van der Waals surface area contributed by atoms with E-state index in [-0.39, 0.29) is 5.91 Å². The van der Waals surface area contributed by atoms with Crippen molar-refractivity contribution >= 4 is 11.6 Å². The van der Waals surface area contributed by atoms with Crippen LogP contribution in [0.2, 0.25) is 0 Å². The first-order valence-corrected chi connectivity index (χ1v) is 10.6. The molecule has 0 aliphatic carbocycles. The molecule has 1 N–H and O–H groups in total. The number of hydrogen-bond donors (Lipinski definition) is 1. The van der Waals surface area contributed by atoms with Crippen LogP contribution in [0, 0.1) is 11.8 Å². The molecule has 0 spiro atoms. The van der Waals surface area contributed by atoms with Crippen LogP contribution >= 0.6 is 0 Å². The number of benzene rings is 2. The van der Waals surface area contributed by atoms with E-state index in [0.29, 0.717) is 24.5 Å². The number of rotatable bonds is 4. The van der Waals surface area contributed by atoms with Crippen LogP contribution in [0.1, 0.15) is 22.0 Å². The molecule has 31 heavy (non-hydrogen) atoms. The molecular weight excluding hydrogens is 394 g/mol. The highest BCUT2D eigenvalue weighted by atomic mass is 16.7. The van der Waals surface area contributed by atoms with E-state index < -0.39 is 0 Å². The molecule has 158 valence electrons. The van der Waals surface area contributed by atoms with Crippen molar-refractivity contribution in [2.75, 3.05) is 25.2 Å². The van der Waals surface area contributed by atoms with Crippen molar-refractivity contribution in [1.82, 2.24) is 19.7 Å². The monoisotopic (exact) mass is 417 g/mol. The zero-order valence-electron chi connectivity index (χ0n) is 17.0. The van der Waals surface area contributed by atoms with Gasteiger partial charge in [-0.05, 0) is 41.7 Å². The number of fused-ring (bicyclic) bond motifs is 3. The standard InChI is InChI=1S/C23H23N5O3/c29-23(24-18-4-2-1-3-5-18)22-26-25-21-9-16-11-27(12-17(16)13-28(21)22)10-15-6-7-19-20(8-15)31-14-30-19/h1-8,16-17H,9-14H2,(H,24,29)/t16-,17-/m0/s1. The van der Waals surface area contributed by atoms with Gasteiger partial charge in [-0.25, -0.2) is 0 Å². The number of hydrogen-bond acceptors (Lipinski definition) is 6. The van der Waals surface area contributed by atoms with E-state index in [0.717, 1.165) is 55.6 Å². The Morgan fingerprint density at radius 1 is 1.00 bits per heavy atom. The number of anilines is 1. The third-order valence-corrected chi connectivity index (χ3v) is 6.42. The highest BCUT2D eigenvalue weighted by Crippen LogP contribution is 2.36. The van der Waals surface area contributed by atoms with Crippen LogP contribution in [0.5, 0.6) is 11.5 Å². The minimum absolute atomic E-state index is 0.210. The Morgan fingerprint density at radius 3 is 2.74 bits per heavy atom. The quantitative estimate of drug-likeness (QED) is 0.703. The molecule has 6 rings (SSSR count). The minimum Gasteiger partial charge on any atom is -0.454 e. The van der Waals surface area contributed by atoms with Gasteiger partial charge in [0, 0.05) is 38.3 Å². The van der Waals surface area contributed by atoms with Crippen molar-refractivity contribution in [2.45, 2.75) is 19.5 Å². The fourth-order valence-corrected chi connectivity index (χ4v) is 4.92. The van der Waals surface area contributed by atoms with Crippen LogP contribution in [0.25, 0.3) is 0 Å². The first kappa shape index (κ1) is 18.4. The van der Waals surface area contributed by atoms with Crippen molar-refractivity contribution in [3.8, 4) is 11.5 Å². The molecule has 1 aromatic heterocycles. The van der Waals surface area contributed by atoms with E-state index in [2.05, 4.69) is 32.5 Å². The topological polar surface area (TPSA) is 81.5 Å². The van der Waals surface area contributed by atoms with Gasteiger partial charge in [0.25, 0.3) is 5.91 Å². The number of carbonyl (C=O) groups is 1. The van der Waals surface area contributed by atoms with Crippen LogP contribution < -0.4 is 14.8 Å². The lowest BCUT2D eigenvalue weighted by molar-refractivity contribution is 0.100. The molecule has 1 amide bonds. The van der Waals surface area contributed by atoms with Crippen molar-refractivity contribution in [2.24, 2.45) is 11.8 Å². The smallest absolute Gasteiger partial charge is 0.293 e. The molecule has 3 aliphatic heterocycles. The summed E-state index contributed by atoms with van der Waals surface area (Å²) in [7, 11) is 0. The second kappa shape index (κ2) is 7.39. The normalized spacial score (nSPS) is 21.5. The summed E-state index contributed by atoms with van der Waals surface area (Å²) in [6, 6.07) is 15.6. The summed E-state index contributed by atoms with van der Waals surface area (Å²) < 4.78 is 12.9. The third-order valence-electron chi connectivity index (χ3n) is 6.42. The summed E-state index contributed by atoms with van der Waals surface area (Å²) in [5, 5.41) is 11.5. The zero-order valence-corrected chi connectivity index (χ0v) is 17.0. The van der Waals surface area contributed by atoms with Gasteiger partial charge in [0.2, 0.25) is 12.6 Å². The largest absolute Gasteiger partial charge is 0.454 e. The van der Waals surface area contributed by atoms with E-state index in [1.165, 1.54) is 5.56 Å². The minimum atomic E-state index is -0.210. The van der Waals surface area contributed by atoms with E-state index in [9.17, 15) is 4.79 Å². The summed E-state index contributed by atoms with van der Waals surface area (Å²) in [5.74, 6) is 3.76. The third kappa shape index (κ3) is 3.42. The molecule has 8 heteroatoms. The predicted octanol–water partition coefficient (Wildman–Crippen LogP) is 2.56. The molecule has 3 aromatic rings. The maximum atomic E-state index is 12.8. The van der Waals surface area contributed by atoms with Gasteiger partial charge in [-0.2, -0.15) is 0 Å². The Labute approximate surface area is 179 Å². The lowest BCUT2D eigenvalue weighted by Crippen LogP contribution is -2.31. The molecule has 1 saturated heterocycles. The second-order valence-corrected chi connectivity index (χ2v) is 8.48. The highest BCUT2D eigenvalue weighted by molar-refractivity contribution is 6.01. The number of ether oxygens (including phenoxy) is 2. The number of nitrogens with zero attached hydrogens (tertiary/aromatic N) is 4. The fraction of sp³-hybridized carbons (Fsp3) is 0.348. The van der Waals surface area contributed by atoms with Crippen LogP contribution in [-0.2, 0) is 19.5 Å². The Balaban J connectivity index is 1.14. The zero-order chi connectivity index (χ0) is 20.8. The summed E-state index contributed by atoms with van der Waals surface area (Å²) in [6.07, 6.45) is 0.855. The molecule has 0 bridgehead atoms. The van der Waals surface area contributed by atoms with Gasteiger partial charge in [-0.1, -0.05) is 24.3 Å². The Kier molecular flexibility index (Phi) is 4.38. The van der Waals surface area contributed by atoms with Crippen molar-refractivity contribution in [3.63, 3.8) is 0 Å². The van der Waals surface area contributed by atoms with Crippen molar-refractivity contribution in [1.29, 1.82) is 0 Å². The summed E-state index contributed by atoms with van der Waals surface area (Å²) in [5.41, 5.74) is 1.99. The van der Waals surface area contributed by atoms with Gasteiger partial charge in [0.05, 0.1) is 0 Å². The van der Waals surface area contributed by atoms with Gasteiger partial charge in [0.15, 0.2) is 11.5 Å². The van der Waals surface area contributed by atoms with Crippen molar-refractivity contribution in [3.05, 3.63) is 65.7 Å². The van der Waals surface area contributed by atoms with Crippen molar-refractivity contribution < 1.29 is 14.3 Å². The molecule has 0 unspecified atom stereocenters. The van der Waals surface area contributed by atoms with Crippen LogP contribution in [0.3, 0.4) is 0 Å². The van der Waals surface area contributed by atoms with Crippen LogP contribution in [0.15, 0.2) is 48.5 Å². The van der Waals surface area contributed by atoms with Crippen LogP contribution in [0.4, 0.5) is 5.69 Å². The van der Waals surface area contributed by atoms with Crippen LogP contribution in [-0.4, -0.2) is 45.5 Å². The van der Waals surface area contributed by atoms with Gasteiger partial charge >= 0.3 is 0 Å². The molecule has 1 fully saturated rings. The molecule has 3 aliphatic rings. The van der Waals surface area contributed by atoms with Gasteiger partial charge < -0.3 is 19.4 Å². The van der Waals surface area contributed by atoms with Gasteiger partial charge in [-0.15, -0.1) is 10.2 Å². The fourth-order valence-electron chi connectivity index (χ4n) is 4.92. The Bertz CT molecular complexity index is 1130. The summed E-state index contributed by atoms with van der Waals surface area (Å²) >= 11 is 0. The maximum absolute atomic E-state index is 12.8. The molecule has 4 heterocycles. The Morgan fingerprint density at radius 2 is 1.84 bits per heavy atom. The molecule has 0 saturated carbocycles. The highest BCUT2D eigenvalue weighted by Gasteiger charge is 2.39. The van der Waals surface area contributed by atoms with E-state index in [4.69, 9.17) is 9.47 Å². The van der Waals surface area contributed by atoms with Gasteiger partial charge in [0.1, 0.15) is 5.82 Å². The Hall–Kier alpha value is -3.39. The second-order valence-electron chi connectivity index (χ2n) is 8.48. The molecule has 0 radical (unpaired) electrons. The number of aromatic nitrogens is 3. The first-order chi connectivity index (χ1) is 15.2. The molecule has 8 nitrogen and oxygen atoms in total. The average Bonchev–Trinajstić information content (AvgIpc) is 3.49. The van der Waals surface area contributed by atoms with E-state index in [1.807, 2.05) is 41.0 Å². The average molecular weight is 417 g/mol. The number of likely N-dealkylation sites (tertiary alicyclic amines) is 1. The number of nitrogens with one attached hydrogen (secondary N) is 1. The molecular formula is C23H23N5O3. The van der Waals surface area contributed by atoms with Gasteiger partial charge in [-0.3, -0.25) is 9.69 Å². The number of carbonyl (C=O) groups excluding carboxylic acids is 1. The lowest BCUT2D eigenvalue weighted by Gasteiger charge is -2.25. The SMILES string of the molecule is O=C(Nc1ccccc1)c1nnc2n1C[C@@H]1CN(Cc3ccc4c(c3)OCO4)C[C@@H]1C2. The molecule has 2 atom stereocenters. The maximum Gasteiger partial charge on any atom is 0.293 e. The van der Waals surface area contributed by atoms with E-state index >= 15 is 0 Å². The number of para-hydroxylation sites is 1. The number of amides is 1. The summed E-state index contributed by atoms with van der Waals surface area (Å²) in [6.45, 7) is 3.98. The predicted molar refractivity (Wildman–Crippen MR) is 113 cm³/mol. The summed E-state index contributed by atoms with van der Waals surface area (Å²) in [4.78, 5) is 15.3. The molecule has 2 aromatic carbocycles. The van der Waals surface area contributed by atoms with E-state index in [1.54, 1.807) is 0 Å². The first-order valence-electron chi connectivity index (χ1n) is 10.6.